The van der Waals surface area contributed by atoms with E-state index in [0.717, 1.165) is 31.5 Å². The number of phenolic OH excluding ortho intramolecular Hbond substituents is 1. The Balaban J connectivity index is 1.76. The van der Waals surface area contributed by atoms with Crippen molar-refractivity contribution in [3.8, 4) is 5.75 Å². The summed E-state index contributed by atoms with van der Waals surface area (Å²) in [6.45, 7) is 2.32. The summed E-state index contributed by atoms with van der Waals surface area (Å²) < 4.78 is 5.84. The Hall–Kier alpha value is -1.14. The third kappa shape index (κ3) is 1.52. The molecular formula is C15H21N2O3+. The molecule has 0 unspecified atom stereocenters. The minimum absolute atomic E-state index is 0.0192. The van der Waals surface area contributed by atoms with Gasteiger partial charge >= 0.3 is 0 Å². The van der Waals surface area contributed by atoms with Crippen molar-refractivity contribution < 1.29 is 19.6 Å². The zero-order chi connectivity index (χ0) is 13.7. The zero-order valence-electron chi connectivity index (χ0n) is 11.6. The van der Waals surface area contributed by atoms with Crippen LogP contribution >= 0.6 is 0 Å². The zero-order valence-corrected chi connectivity index (χ0v) is 11.6. The fourth-order valence-electron chi connectivity index (χ4n) is 4.41. The number of benzene rings is 1. The first-order valence-corrected chi connectivity index (χ1v) is 7.37. The molecule has 0 amide bonds. The van der Waals surface area contributed by atoms with Gasteiger partial charge in [-0.2, -0.15) is 5.48 Å². The summed E-state index contributed by atoms with van der Waals surface area (Å²) in [5.74, 6) is 0.222. The van der Waals surface area contributed by atoms with Crippen LogP contribution in [0.3, 0.4) is 0 Å². The van der Waals surface area contributed by atoms with Gasteiger partial charge in [-0.15, -0.1) is 0 Å². The second-order valence-electron chi connectivity index (χ2n) is 6.09. The maximum absolute atomic E-state index is 10.1. The molecule has 5 heteroatoms. The smallest absolute Gasteiger partial charge is 0.244 e. The standard InChI is InChI=1S/C15H20N2O3/c1-19-15-10-6-8-17(9-7-10)14(15)13(16-20-15)11-4-2-3-5-12(11)18/h2-5,10,13-14,16,18H,6-9H2,1H3/p+1/t13-,14-,15+/m0/s1. The summed E-state index contributed by atoms with van der Waals surface area (Å²) in [5.41, 5.74) is 4.04. The van der Waals surface area contributed by atoms with Gasteiger partial charge in [0.05, 0.1) is 13.1 Å². The highest BCUT2D eigenvalue weighted by atomic mass is 16.8. The van der Waals surface area contributed by atoms with Crippen molar-refractivity contribution in [3.05, 3.63) is 29.8 Å². The van der Waals surface area contributed by atoms with Crippen LogP contribution in [0.2, 0.25) is 0 Å². The predicted octanol–water partition coefficient (Wildman–Crippen LogP) is -0.0121. The summed E-state index contributed by atoms with van der Waals surface area (Å²) in [4.78, 5) is 7.47. The third-order valence-electron chi connectivity index (χ3n) is 5.34. The average Bonchev–Trinajstić information content (AvgIpc) is 2.92. The van der Waals surface area contributed by atoms with E-state index in [1.807, 2.05) is 18.2 Å². The Bertz CT molecular complexity index is 516. The summed E-state index contributed by atoms with van der Waals surface area (Å²) >= 11 is 0. The molecule has 1 aromatic carbocycles. The predicted molar refractivity (Wildman–Crippen MR) is 72.0 cm³/mol. The topological polar surface area (TPSA) is 55.2 Å². The van der Waals surface area contributed by atoms with Crippen LogP contribution in [0.25, 0.3) is 0 Å². The third-order valence-corrected chi connectivity index (χ3v) is 5.34. The molecular weight excluding hydrogens is 256 g/mol. The Morgan fingerprint density at radius 1 is 1.35 bits per heavy atom. The fraction of sp³-hybridized carbons (Fsp3) is 0.600. The van der Waals surface area contributed by atoms with Gasteiger partial charge in [-0.25, -0.2) is 0 Å². The molecule has 4 heterocycles. The maximum atomic E-state index is 10.1. The molecule has 4 saturated heterocycles. The lowest BCUT2D eigenvalue weighted by atomic mass is 9.74. The van der Waals surface area contributed by atoms with Gasteiger partial charge < -0.3 is 14.7 Å². The summed E-state index contributed by atoms with van der Waals surface area (Å²) in [5, 5.41) is 10.1. The highest BCUT2D eigenvalue weighted by molar-refractivity contribution is 5.36. The monoisotopic (exact) mass is 277 g/mol. The number of aromatic hydroxyl groups is 1. The maximum Gasteiger partial charge on any atom is 0.244 e. The first kappa shape index (κ1) is 12.6. The number of hydrogen-bond acceptors (Lipinski definition) is 4. The SMILES string of the molecule is CO[C@]12ON[C@@H](c3ccccc3O)[C@@H]1[NH+]1CCC2CC1. The molecule has 4 aliphatic heterocycles. The molecule has 5 nitrogen and oxygen atoms in total. The number of ether oxygens (including phenoxy) is 1. The molecule has 0 aromatic heterocycles. The highest BCUT2D eigenvalue weighted by Gasteiger charge is 2.66. The van der Waals surface area contributed by atoms with Crippen LogP contribution in [0.1, 0.15) is 24.4 Å². The van der Waals surface area contributed by atoms with Crippen LogP contribution in [-0.4, -0.2) is 37.1 Å². The highest BCUT2D eigenvalue weighted by Crippen LogP contribution is 2.45. The van der Waals surface area contributed by atoms with E-state index in [1.54, 1.807) is 13.2 Å². The number of nitrogens with one attached hydrogen (secondary N) is 2. The summed E-state index contributed by atoms with van der Waals surface area (Å²) in [6.07, 6.45) is 2.30. The molecule has 4 fully saturated rings. The molecule has 2 bridgehead atoms. The van der Waals surface area contributed by atoms with E-state index in [1.165, 1.54) is 4.90 Å². The number of piperidine rings is 3. The van der Waals surface area contributed by atoms with Gasteiger partial charge in [0, 0.05) is 31.4 Å². The van der Waals surface area contributed by atoms with E-state index >= 15 is 0 Å². The van der Waals surface area contributed by atoms with Crippen molar-refractivity contribution in [2.45, 2.75) is 30.7 Å². The second kappa shape index (κ2) is 4.43. The van der Waals surface area contributed by atoms with Gasteiger partial charge in [0.15, 0.2) is 6.04 Å². The Morgan fingerprint density at radius 2 is 2.10 bits per heavy atom. The number of para-hydroxylation sites is 1. The Labute approximate surface area is 118 Å². The Kier molecular flexibility index (Phi) is 2.79. The van der Waals surface area contributed by atoms with Crippen molar-refractivity contribution in [2.24, 2.45) is 5.92 Å². The average molecular weight is 277 g/mol. The number of methoxy groups -OCH3 is 1. The molecule has 108 valence electrons. The summed E-state index contributed by atoms with van der Waals surface area (Å²) in [7, 11) is 1.74. The normalized spacial score (nSPS) is 42.6. The number of fused-ring (bicyclic) bond motifs is 2. The van der Waals surface area contributed by atoms with Crippen LogP contribution in [0.4, 0.5) is 0 Å². The van der Waals surface area contributed by atoms with Crippen molar-refractivity contribution in [3.63, 3.8) is 0 Å². The second-order valence-corrected chi connectivity index (χ2v) is 6.09. The van der Waals surface area contributed by atoms with Gasteiger partial charge in [-0.3, -0.25) is 4.84 Å². The Morgan fingerprint density at radius 3 is 2.80 bits per heavy atom. The molecule has 0 saturated carbocycles. The molecule has 20 heavy (non-hydrogen) atoms. The minimum Gasteiger partial charge on any atom is -0.508 e. The van der Waals surface area contributed by atoms with Gasteiger partial charge in [0.2, 0.25) is 5.79 Å². The number of hydrogen-bond donors (Lipinski definition) is 3. The molecule has 0 aliphatic carbocycles. The van der Waals surface area contributed by atoms with Crippen LogP contribution in [0.5, 0.6) is 5.75 Å². The molecule has 3 atom stereocenters. The van der Waals surface area contributed by atoms with Crippen LogP contribution in [0.15, 0.2) is 24.3 Å². The lowest BCUT2D eigenvalue weighted by molar-refractivity contribution is -0.955. The molecule has 4 aliphatic rings. The molecule has 5 rings (SSSR count). The molecule has 3 N–H and O–H groups in total. The van der Waals surface area contributed by atoms with Gasteiger partial charge in [0.1, 0.15) is 11.8 Å². The van der Waals surface area contributed by atoms with E-state index in [4.69, 9.17) is 9.57 Å². The van der Waals surface area contributed by atoms with Crippen LogP contribution < -0.4 is 10.4 Å². The lowest BCUT2D eigenvalue weighted by Crippen LogP contribution is -3.21. The van der Waals surface area contributed by atoms with Gasteiger partial charge in [-0.1, -0.05) is 18.2 Å². The van der Waals surface area contributed by atoms with Crippen LogP contribution in [-0.2, 0) is 9.57 Å². The van der Waals surface area contributed by atoms with E-state index in [2.05, 4.69) is 5.48 Å². The van der Waals surface area contributed by atoms with E-state index in [0.29, 0.717) is 11.7 Å². The molecule has 0 radical (unpaired) electrons. The first-order chi connectivity index (χ1) is 9.76. The van der Waals surface area contributed by atoms with Crippen molar-refractivity contribution in [1.82, 2.24) is 5.48 Å². The number of quaternary nitrogens is 1. The largest absolute Gasteiger partial charge is 0.508 e. The van der Waals surface area contributed by atoms with Crippen LogP contribution in [0, 0.1) is 5.92 Å². The fourth-order valence-corrected chi connectivity index (χ4v) is 4.41. The van der Waals surface area contributed by atoms with Crippen molar-refractivity contribution in [1.29, 1.82) is 0 Å². The number of phenols is 1. The molecule has 0 spiro atoms. The molecule has 1 aromatic rings. The number of rotatable bonds is 2. The quantitative estimate of drug-likeness (QED) is 0.711. The van der Waals surface area contributed by atoms with Gasteiger partial charge in [-0.05, 0) is 6.07 Å². The van der Waals surface area contributed by atoms with E-state index in [-0.39, 0.29) is 12.1 Å². The van der Waals surface area contributed by atoms with Crippen molar-refractivity contribution >= 4 is 0 Å². The minimum atomic E-state index is -0.543. The number of hydroxylamine groups is 1. The van der Waals surface area contributed by atoms with E-state index < -0.39 is 5.79 Å². The van der Waals surface area contributed by atoms with Crippen molar-refractivity contribution in [2.75, 3.05) is 20.2 Å². The summed E-state index contributed by atoms with van der Waals surface area (Å²) in [6, 6.07) is 7.68. The lowest BCUT2D eigenvalue weighted by Gasteiger charge is -2.50. The van der Waals surface area contributed by atoms with E-state index in [9.17, 15) is 5.11 Å². The van der Waals surface area contributed by atoms with Gasteiger partial charge in [0.25, 0.3) is 0 Å². The first-order valence-electron chi connectivity index (χ1n) is 7.37.